The lowest BCUT2D eigenvalue weighted by Crippen LogP contribution is -2.17. The largest absolute Gasteiger partial charge is 0.472 e. The smallest absolute Gasteiger partial charge is 0.260 e. The average Bonchev–Trinajstić information content (AvgIpc) is 2.75. The summed E-state index contributed by atoms with van der Waals surface area (Å²) in [5.41, 5.74) is 3.22. The first-order valence-corrected chi connectivity index (χ1v) is 6.07. The highest BCUT2D eigenvalue weighted by Gasteiger charge is 2.13. The number of anilines is 1. The van der Waals surface area contributed by atoms with Gasteiger partial charge in [0.2, 0.25) is 5.65 Å². The molecule has 0 aliphatic carbocycles. The van der Waals surface area contributed by atoms with E-state index in [9.17, 15) is 0 Å². The van der Waals surface area contributed by atoms with Gasteiger partial charge < -0.3 is 10.2 Å². The molecule has 0 fully saturated rings. The van der Waals surface area contributed by atoms with E-state index >= 15 is 0 Å². The predicted molar refractivity (Wildman–Crippen MR) is 70.3 cm³/mol. The maximum absolute atomic E-state index is 5.85. The van der Waals surface area contributed by atoms with E-state index in [0.717, 1.165) is 6.42 Å². The van der Waals surface area contributed by atoms with E-state index in [1.165, 1.54) is 0 Å². The first-order chi connectivity index (χ1) is 8.60. The number of hydrogen-bond acceptors (Lipinski definition) is 5. The van der Waals surface area contributed by atoms with Crippen LogP contribution >= 0.6 is 0 Å². The number of imidazole rings is 1. The molecular formula is C12H19N5O. The summed E-state index contributed by atoms with van der Waals surface area (Å²) in [7, 11) is 0. The van der Waals surface area contributed by atoms with Crippen LogP contribution in [0.15, 0.2) is 18.6 Å². The minimum Gasteiger partial charge on any atom is -0.472 e. The molecule has 2 rings (SSSR count). The van der Waals surface area contributed by atoms with Crippen molar-refractivity contribution in [2.75, 3.05) is 5.43 Å². The molecule has 0 saturated carbocycles. The molecule has 0 aliphatic heterocycles. The van der Waals surface area contributed by atoms with E-state index in [1.54, 1.807) is 12.4 Å². The Morgan fingerprint density at radius 2 is 2.22 bits per heavy atom. The fourth-order valence-electron chi connectivity index (χ4n) is 1.95. The Kier molecular flexibility index (Phi) is 3.66. The maximum atomic E-state index is 5.85. The maximum Gasteiger partial charge on any atom is 0.260 e. The molecule has 18 heavy (non-hydrogen) atoms. The molecule has 2 heterocycles. The Morgan fingerprint density at radius 3 is 2.89 bits per heavy atom. The fraction of sp³-hybridized carbons (Fsp3) is 0.500. The second kappa shape index (κ2) is 5.22. The summed E-state index contributed by atoms with van der Waals surface area (Å²) in [6, 6.07) is 0. The highest BCUT2D eigenvalue weighted by atomic mass is 16.5. The quantitative estimate of drug-likeness (QED) is 0.624. The number of ether oxygens (including phenoxy) is 1. The first kappa shape index (κ1) is 12.6. The van der Waals surface area contributed by atoms with Gasteiger partial charge in [-0.25, -0.2) is 10.8 Å². The second-order valence-corrected chi connectivity index (χ2v) is 4.79. The minimum absolute atomic E-state index is 0.0889. The van der Waals surface area contributed by atoms with Gasteiger partial charge in [0, 0.05) is 12.4 Å². The van der Waals surface area contributed by atoms with Gasteiger partial charge in [-0.1, -0.05) is 13.8 Å². The average molecular weight is 249 g/mol. The molecule has 2 aromatic rings. The van der Waals surface area contributed by atoms with Gasteiger partial charge in [-0.2, -0.15) is 4.98 Å². The van der Waals surface area contributed by atoms with Gasteiger partial charge >= 0.3 is 0 Å². The Hall–Kier alpha value is -1.82. The third-order valence-corrected chi connectivity index (χ3v) is 2.61. The molecule has 1 unspecified atom stereocenters. The lowest BCUT2D eigenvalue weighted by Gasteiger charge is -2.16. The van der Waals surface area contributed by atoms with Gasteiger partial charge in [-0.05, 0) is 19.3 Å². The molecular weight excluding hydrogens is 230 g/mol. The van der Waals surface area contributed by atoms with Crippen LogP contribution in [0.1, 0.15) is 27.2 Å². The minimum atomic E-state index is 0.0889. The predicted octanol–water partition coefficient (Wildman–Crippen LogP) is 1.83. The first-order valence-electron chi connectivity index (χ1n) is 6.07. The monoisotopic (exact) mass is 249 g/mol. The number of hydrazine groups is 1. The van der Waals surface area contributed by atoms with Gasteiger partial charge in [0.25, 0.3) is 5.88 Å². The van der Waals surface area contributed by atoms with Crippen molar-refractivity contribution < 1.29 is 4.74 Å². The van der Waals surface area contributed by atoms with Gasteiger partial charge in [0.05, 0.1) is 12.3 Å². The van der Waals surface area contributed by atoms with Crippen LogP contribution in [0.4, 0.5) is 5.82 Å². The van der Waals surface area contributed by atoms with Crippen molar-refractivity contribution in [2.24, 2.45) is 11.8 Å². The number of nitrogens with one attached hydrogen (secondary N) is 1. The summed E-state index contributed by atoms with van der Waals surface area (Å²) >= 11 is 0. The van der Waals surface area contributed by atoms with Crippen molar-refractivity contribution in [3.63, 3.8) is 0 Å². The molecule has 0 saturated heterocycles. The zero-order chi connectivity index (χ0) is 13.1. The van der Waals surface area contributed by atoms with Crippen molar-refractivity contribution in [1.29, 1.82) is 0 Å². The lowest BCUT2D eigenvalue weighted by atomic mass is 10.1. The van der Waals surface area contributed by atoms with Crippen LogP contribution in [0.5, 0.6) is 5.88 Å². The highest BCUT2D eigenvalue weighted by Crippen LogP contribution is 2.21. The normalized spacial score (nSPS) is 12.9. The van der Waals surface area contributed by atoms with Crippen molar-refractivity contribution in [2.45, 2.75) is 33.3 Å². The van der Waals surface area contributed by atoms with Gasteiger partial charge in [0.1, 0.15) is 0 Å². The van der Waals surface area contributed by atoms with E-state index in [-0.39, 0.29) is 6.10 Å². The van der Waals surface area contributed by atoms with Crippen LogP contribution in [0, 0.1) is 5.92 Å². The SMILES string of the molecule is CC(C)CC(C)Oc1nc(NN)cn2ccnc12. The van der Waals surface area contributed by atoms with Crippen LogP contribution in [-0.2, 0) is 0 Å². The van der Waals surface area contributed by atoms with E-state index in [1.807, 2.05) is 17.5 Å². The number of nitrogens with zero attached hydrogens (tertiary/aromatic N) is 3. The number of aromatic nitrogens is 3. The zero-order valence-electron chi connectivity index (χ0n) is 10.9. The molecule has 98 valence electrons. The van der Waals surface area contributed by atoms with Gasteiger partial charge in [-0.3, -0.25) is 4.40 Å². The summed E-state index contributed by atoms with van der Waals surface area (Å²) in [5, 5.41) is 0. The van der Waals surface area contributed by atoms with Crippen molar-refractivity contribution >= 4 is 11.5 Å². The molecule has 6 nitrogen and oxygen atoms in total. The van der Waals surface area contributed by atoms with Crippen LogP contribution in [-0.4, -0.2) is 20.5 Å². The second-order valence-electron chi connectivity index (χ2n) is 4.79. The van der Waals surface area contributed by atoms with Crippen LogP contribution in [0.25, 0.3) is 5.65 Å². The van der Waals surface area contributed by atoms with Crippen molar-refractivity contribution in [1.82, 2.24) is 14.4 Å². The van der Waals surface area contributed by atoms with Crippen molar-refractivity contribution in [3.05, 3.63) is 18.6 Å². The Bertz CT molecular complexity index is 522. The van der Waals surface area contributed by atoms with E-state index in [0.29, 0.717) is 23.3 Å². The van der Waals surface area contributed by atoms with E-state index < -0.39 is 0 Å². The molecule has 6 heteroatoms. The Labute approximate surface area is 106 Å². The van der Waals surface area contributed by atoms with Gasteiger partial charge in [0.15, 0.2) is 5.82 Å². The van der Waals surface area contributed by atoms with E-state index in [4.69, 9.17) is 10.6 Å². The summed E-state index contributed by atoms with van der Waals surface area (Å²) in [5.74, 6) is 7.02. The number of nitrogen functional groups attached to an aromatic ring is 1. The summed E-state index contributed by atoms with van der Waals surface area (Å²) in [6.45, 7) is 6.36. The molecule has 0 aliphatic rings. The molecule has 0 aromatic carbocycles. The molecule has 0 bridgehead atoms. The zero-order valence-corrected chi connectivity index (χ0v) is 10.9. The topological polar surface area (TPSA) is 77.5 Å². The van der Waals surface area contributed by atoms with Crippen LogP contribution in [0.2, 0.25) is 0 Å². The third kappa shape index (κ3) is 2.70. The van der Waals surface area contributed by atoms with E-state index in [2.05, 4.69) is 29.2 Å². The lowest BCUT2D eigenvalue weighted by molar-refractivity contribution is 0.187. The van der Waals surface area contributed by atoms with Crippen LogP contribution in [0.3, 0.4) is 0 Å². The Balaban J connectivity index is 2.28. The molecule has 3 N–H and O–H groups in total. The molecule has 2 aromatic heterocycles. The summed E-state index contributed by atoms with van der Waals surface area (Å²) in [6.07, 6.45) is 6.36. The number of fused-ring (bicyclic) bond motifs is 1. The molecule has 0 amide bonds. The van der Waals surface area contributed by atoms with Crippen molar-refractivity contribution in [3.8, 4) is 5.88 Å². The highest BCUT2D eigenvalue weighted by molar-refractivity contribution is 5.53. The van der Waals surface area contributed by atoms with Gasteiger partial charge in [-0.15, -0.1) is 0 Å². The van der Waals surface area contributed by atoms with Crippen LogP contribution < -0.4 is 16.0 Å². The third-order valence-electron chi connectivity index (χ3n) is 2.61. The number of rotatable bonds is 5. The standard InChI is InChI=1S/C12H19N5O/c1-8(2)6-9(3)18-12-11-14-4-5-17(11)7-10(15-12)16-13/h4-5,7-9,16H,6,13H2,1-3H3. The molecule has 0 radical (unpaired) electrons. The molecule has 0 spiro atoms. The fourth-order valence-corrected chi connectivity index (χ4v) is 1.95. The summed E-state index contributed by atoms with van der Waals surface area (Å²) in [4.78, 5) is 8.53. The number of hydrogen-bond donors (Lipinski definition) is 2. The summed E-state index contributed by atoms with van der Waals surface area (Å²) < 4.78 is 7.68. The molecule has 1 atom stereocenters. The number of nitrogens with two attached hydrogens (primary N) is 1. The Morgan fingerprint density at radius 1 is 1.44 bits per heavy atom.